The van der Waals surface area contributed by atoms with E-state index in [2.05, 4.69) is 15.9 Å². The summed E-state index contributed by atoms with van der Waals surface area (Å²) in [7, 11) is 0. The average molecular weight is 342 g/mol. The van der Waals surface area contributed by atoms with Crippen molar-refractivity contribution < 1.29 is 9.72 Å². The molecule has 0 radical (unpaired) electrons. The van der Waals surface area contributed by atoms with E-state index in [-0.39, 0.29) is 24.1 Å². The van der Waals surface area contributed by atoms with Crippen LogP contribution in [-0.2, 0) is 11.2 Å². The fourth-order valence-electron chi connectivity index (χ4n) is 2.30. The monoisotopic (exact) mass is 341 g/mol. The molecule has 0 saturated carbocycles. The molecular formula is C13H16BrN3O3. The normalized spacial score (nSPS) is 18.9. The molecule has 0 aromatic heterocycles. The van der Waals surface area contributed by atoms with Gasteiger partial charge in [0, 0.05) is 35.7 Å². The fourth-order valence-corrected chi connectivity index (χ4v) is 2.81. The molecule has 1 heterocycles. The first-order valence-corrected chi connectivity index (χ1v) is 7.23. The van der Waals surface area contributed by atoms with Crippen molar-refractivity contribution in [1.29, 1.82) is 0 Å². The molecule has 7 heteroatoms. The maximum atomic E-state index is 12.2. The summed E-state index contributed by atoms with van der Waals surface area (Å²) in [5.41, 5.74) is 6.62. The van der Waals surface area contributed by atoms with E-state index >= 15 is 0 Å². The fraction of sp³-hybridized carbons (Fsp3) is 0.462. The van der Waals surface area contributed by atoms with Crippen LogP contribution in [0, 0.1) is 10.1 Å². The number of rotatable bonds is 3. The number of carbonyl (C=O) groups is 1. The molecule has 1 aliphatic rings. The van der Waals surface area contributed by atoms with Crippen molar-refractivity contribution in [2.24, 2.45) is 5.73 Å². The Morgan fingerprint density at radius 3 is 2.90 bits per heavy atom. The van der Waals surface area contributed by atoms with Crippen LogP contribution < -0.4 is 5.73 Å². The molecule has 6 nitrogen and oxygen atoms in total. The Morgan fingerprint density at radius 2 is 2.30 bits per heavy atom. The average Bonchev–Trinajstić information content (AvgIpc) is 2.40. The highest BCUT2D eigenvalue weighted by Gasteiger charge is 2.22. The van der Waals surface area contributed by atoms with Gasteiger partial charge >= 0.3 is 0 Å². The largest absolute Gasteiger partial charge is 0.341 e. The molecule has 0 bridgehead atoms. The Bertz CT molecular complexity index is 536. The number of halogens is 1. The molecule has 1 amide bonds. The van der Waals surface area contributed by atoms with E-state index in [1.54, 1.807) is 11.0 Å². The molecule has 1 aromatic carbocycles. The Hall–Kier alpha value is -1.47. The zero-order valence-electron chi connectivity index (χ0n) is 10.9. The first kappa shape index (κ1) is 14.9. The minimum Gasteiger partial charge on any atom is -0.341 e. The van der Waals surface area contributed by atoms with Gasteiger partial charge in [0.25, 0.3) is 5.69 Å². The number of amides is 1. The highest BCUT2D eigenvalue weighted by atomic mass is 79.9. The number of piperidine rings is 1. The molecule has 1 aliphatic heterocycles. The third-order valence-electron chi connectivity index (χ3n) is 3.40. The summed E-state index contributed by atoms with van der Waals surface area (Å²) < 4.78 is 0.585. The SMILES string of the molecule is NC1CCCN(C(=O)Cc2ccc([N+](=O)[O-])cc2Br)C1. The second-order valence-corrected chi connectivity index (χ2v) is 5.81. The molecule has 1 aromatic rings. The van der Waals surface area contributed by atoms with Crippen LogP contribution in [0.25, 0.3) is 0 Å². The summed E-state index contributed by atoms with van der Waals surface area (Å²) in [5, 5.41) is 10.7. The molecule has 1 unspecified atom stereocenters. The number of nitro groups is 1. The summed E-state index contributed by atoms with van der Waals surface area (Å²) >= 11 is 3.28. The van der Waals surface area contributed by atoms with E-state index in [0.717, 1.165) is 24.9 Å². The smallest absolute Gasteiger partial charge is 0.270 e. The van der Waals surface area contributed by atoms with E-state index in [0.29, 0.717) is 11.0 Å². The molecule has 1 saturated heterocycles. The maximum Gasteiger partial charge on any atom is 0.270 e. The minimum absolute atomic E-state index is 0.00747. The Morgan fingerprint density at radius 1 is 1.55 bits per heavy atom. The maximum absolute atomic E-state index is 12.2. The number of nitrogens with two attached hydrogens (primary N) is 1. The second-order valence-electron chi connectivity index (χ2n) is 4.95. The van der Waals surface area contributed by atoms with Gasteiger partial charge in [0.1, 0.15) is 0 Å². The van der Waals surface area contributed by atoms with Crippen LogP contribution in [0.15, 0.2) is 22.7 Å². The number of non-ortho nitro benzene ring substituents is 1. The van der Waals surface area contributed by atoms with Crippen molar-refractivity contribution in [2.45, 2.75) is 25.3 Å². The predicted molar refractivity (Wildman–Crippen MR) is 78.3 cm³/mol. The number of hydrogen-bond donors (Lipinski definition) is 1. The number of benzene rings is 1. The highest BCUT2D eigenvalue weighted by molar-refractivity contribution is 9.10. The van der Waals surface area contributed by atoms with Crippen molar-refractivity contribution in [2.75, 3.05) is 13.1 Å². The molecular weight excluding hydrogens is 326 g/mol. The number of nitrogens with zero attached hydrogens (tertiary/aromatic N) is 2. The van der Waals surface area contributed by atoms with Gasteiger partial charge in [-0.2, -0.15) is 0 Å². The van der Waals surface area contributed by atoms with Crippen LogP contribution >= 0.6 is 15.9 Å². The lowest BCUT2D eigenvalue weighted by Gasteiger charge is -2.31. The van der Waals surface area contributed by atoms with Crippen LogP contribution in [-0.4, -0.2) is 34.9 Å². The summed E-state index contributed by atoms with van der Waals surface area (Å²) in [6.07, 6.45) is 2.10. The van der Waals surface area contributed by atoms with Gasteiger partial charge in [-0.25, -0.2) is 0 Å². The highest BCUT2D eigenvalue weighted by Crippen LogP contribution is 2.24. The van der Waals surface area contributed by atoms with E-state index in [4.69, 9.17) is 5.73 Å². The third kappa shape index (κ3) is 3.55. The summed E-state index contributed by atoms with van der Waals surface area (Å²) in [5.74, 6) is 0.00898. The molecule has 0 aliphatic carbocycles. The van der Waals surface area contributed by atoms with Gasteiger partial charge in [-0.3, -0.25) is 14.9 Å². The Balaban J connectivity index is 2.06. The van der Waals surface area contributed by atoms with E-state index < -0.39 is 4.92 Å². The quantitative estimate of drug-likeness (QED) is 0.671. The molecule has 2 N–H and O–H groups in total. The number of carbonyl (C=O) groups excluding carboxylic acids is 1. The first-order chi connectivity index (χ1) is 9.47. The molecule has 1 atom stereocenters. The lowest BCUT2D eigenvalue weighted by molar-refractivity contribution is -0.384. The van der Waals surface area contributed by atoms with Crippen LogP contribution in [0.3, 0.4) is 0 Å². The Kier molecular flexibility index (Phi) is 4.72. The van der Waals surface area contributed by atoms with Crippen LogP contribution in [0.5, 0.6) is 0 Å². The third-order valence-corrected chi connectivity index (χ3v) is 4.14. The van der Waals surface area contributed by atoms with E-state index in [1.165, 1.54) is 12.1 Å². The second kappa shape index (κ2) is 6.32. The number of likely N-dealkylation sites (tertiary alicyclic amines) is 1. The van der Waals surface area contributed by atoms with Gasteiger partial charge in [0.15, 0.2) is 0 Å². The minimum atomic E-state index is -0.458. The van der Waals surface area contributed by atoms with Crippen molar-refractivity contribution in [3.63, 3.8) is 0 Å². The van der Waals surface area contributed by atoms with Crippen molar-refractivity contribution >= 4 is 27.5 Å². The summed E-state index contributed by atoms with van der Waals surface area (Å²) in [6.45, 7) is 1.32. The number of nitro benzene ring substituents is 1. The van der Waals surface area contributed by atoms with Crippen molar-refractivity contribution in [3.8, 4) is 0 Å². The first-order valence-electron chi connectivity index (χ1n) is 6.43. The van der Waals surface area contributed by atoms with Crippen molar-refractivity contribution in [1.82, 2.24) is 4.90 Å². The zero-order chi connectivity index (χ0) is 14.7. The van der Waals surface area contributed by atoms with Crippen LogP contribution in [0.1, 0.15) is 18.4 Å². The number of hydrogen-bond acceptors (Lipinski definition) is 4. The van der Waals surface area contributed by atoms with E-state index in [1.807, 2.05) is 0 Å². The Labute approximate surface area is 125 Å². The molecule has 108 valence electrons. The zero-order valence-corrected chi connectivity index (χ0v) is 12.5. The van der Waals surface area contributed by atoms with Gasteiger partial charge in [-0.05, 0) is 18.4 Å². The van der Waals surface area contributed by atoms with Gasteiger partial charge < -0.3 is 10.6 Å². The molecule has 2 rings (SSSR count). The van der Waals surface area contributed by atoms with Crippen LogP contribution in [0.4, 0.5) is 5.69 Å². The molecule has 20 heavy (non-hydrogen) atoms. The predicted octanol–water partition coefficient (Wildman–Crippen LogP) is 1.85. The van der Waals surface area contributed by atoms with E-state index in [9.17, 15) is 14.9 Å². The van der Waals surface area contributed by atoms with Gasteiger partial charge in [0.05, 0.1) is 11.3 Å². The summed E-state index contributed by atoms with van der Waals surface area (Å²) in [4.78, 5) is 24.2. The van der Waals surface area contributed by atoms with Gasteiger partial charge in [0.2, 0.25) is 5.91 Å². The van der Waals surface area contributed by atoms with Crippen molar-refractivity contribution in [3.05, 3.63) is 38.3 Å². The lowest BCUT2D eigenvalue weighted by Crippen LogP contribution is -2.46. The topological polar surface area (TPSA) is 89.5 Å². The molecule has 0 spiro atoms. The summed E-state index contributed by atoms with van der Waals surface area (Å²) in [6, 6.07) is 4.50. The lowest BCUT2D eigenvalue weighted by atomic mass is 10.0. The van der Waals surface area contributed by atoms with Crippen LogP contribution in [0.2, 0.25) is 0 Å². The molecule has 1 fully saturated rings. The van der Waals surface area contributed by atoms with Gasteiger partial charge in [-0.1, -0.05) is 22.0 Å². The standard InChI is InChI=1S/C13H16BrN3O3/c14-12-7-11(17(19)20)4-3-9(12)6-13(18)16-5-1-2-10(15)8-16/h3-4,7,10H,1-2,5-6,8,15H2. The van der Waals surface area contributed by atoms with Gasteiger partial charge in [-0.15, -0.1) is 0 Å².